The van der Waals surface area contributed by atoms with E-state index in [1.165, 1.54) is 0 Å². The van der Waals surface area contributed by atoms with E-state index >= 15 is 0 Å². The van der Waals surface area contributed by atoms with Crippen LogP contribution in [0.1, 0.15) is 47.5 Å². The maximum Gasteiger partial charge on any atom is -1.00 e. The molecule has 1 saturated heterocycles. The van der Waals surface area contributed by atoms with Crippen molar-refractivity contribution >= 4 is 9.52 Å². The standard InChI is InChI=1S/C11H17.C4H10Si.2ClH.Zr/c1-8-6-9(2)10(7-8)11(3,4)5;1-2-4-5-3-1;;;/h7-8H,1-5H3;1-5H2;2*1H;/q;;;;+2/p-2. The van der Waals surface area contributed by atoms with Crippen LogP contribution in [0.25, 0.3) is 0 Å². The molecule has 1 unspecified atom stereocenters. The molecule has 1 aliphatic carbocycles. The minimum Gasteiger partial charge on any atom is -1.00 e. The van der Waals surface area contributed by atoms with Crippen molar-refractivity contribution < 1.29 is 49.5 Å². The van der Waals surface area contributed by atoms with Crippen LogP contribution in [0.15, 0.2) is 20.5 Å². The summed E-state index contributed by atoms with van der Waals surface area (Å²) in [5.74, 6) is 0.692. The van der Waals surface area contributed by atoms with Crippen LogP contribution in [-0.2, 0) is 24.7 Å². The fraction of sp³-hybridized carbons (Fsp3) is 0.733. The van der Waals surface area contributed by atoms with Gasteiger partial charge in [0.05, 0.1) is 0 Å². The minimum atomic E-state index is 0. The average molecular weight is 398 g/mol. The largest absolute Gasteiger partial charge is 1.00 e. The van der Waals surface area contributed by atoms with Gasteiger partial charge in [0.15, 0.2) is 0 Å². The molecule has 1 atom stereocenters. The smallest absolute Gasteiger partial charge is 1.00 e. The van der Waals surface area contributed by atoms with Crippen molar-refractivity contribution in [3.8, 4) is 0 Å². The van der Waals surface area contributed by atoms with Crippen LogP contribution >= 0.6 is 0 Å². The van der Waals surface area contributed by atoms with E-state index in [-0.39, 0.29) is 24.8 Å². The molecule has 0 aromatic carbocycles. The van der Waals surface area contributed by atoms with E-state index in [0.29, 0.717) is 20.9 Å². The molecule has 0 spiro atoms. The summed E-state index contributed by atoms with van der Waals surface area (Å²) in [5.41, 5.74) is 3.44. The maximum absolute atomic E-state index is 2.43. The van der Waals surface area contributed by atoms with Gasteiger partial charge in [0.2, 0.25) is 0 Å². The van der Waals surface area contributed by atoms with Gasteiger partial charge in [0.1, 0.15) is 0 Å². The molecule has 2 rings (SSSR count). The fourth-order valence-corrected chi connectivity index (χ4v) is 4.94. The molecule has 2 aliphatic rings. The van der Waals surface area contributed by atoms with Crippen LogP contribution in [0, 0.1) is 11.3 Å². The topological polar surface area (TPSA) is 0 Å². The third-order valence-corrected chi connectivity index (χ3v) is 7.78. The van der Waals surface area contributed by atoms with Crippen molar-refractivity contribution in [3.63, 3.8) is 0 Å². The van der Waals surface area contributed by atoms with Gasteiger partial charge in [-0.2, -0.15) is 0 Å². The summed E-state index contributed by atoms with van der Waals surface area (Å²) in [6.07, 6.45) is 5.55. The Hall–Kier alpha value is 1.16. The Labute approximate surface area is 149 Å². The molecule has 0 N–H and O–H groups in total. The van der Waals surface area contributed by atoms with Gasteiger partial charge in [-0.1, -0.05) is 24.9 Å². The zero-order chi connectivity index (χ0) is 13.1. The number of allylic oxidation sites excluding steroid dienone is 4. The monoisotopic (exact) mass is 395 g/mol. The van der Waals surface area contributed by atoms with E-state index in [4.69, 9.17) is 0 Å². The van der Waals surface area contributed by atoms with Crippen LogP contribution in [0.3, 0.4) is 0 Å². The third kappa shape index (κ3) is 7.11. The summed E-state index contributed by atoms with van der Waals surface area (Å²) in [4.78, 5) is 0. The summed E-state index contributed by atoms with van der Waals surface area (Å²) in [5, 5.41) is 0. The Bertz CT molecular complexity index is 318. The average Bonchev–Trinajstić information content (AvgIpc) is 2.85. The van der Waals surface area contributed by atoms with E-state index in [1.54, 1.807) is 64.1 Å². The molecule has 0 aromatic heterocycles. The van der Waals surface area contributed by atoms with Crippen molar-refractivity contribution in [1.82, 2.24) is 0 Å². The number of rotatable bonds is 0. The van der Waals surface area contributed by atoms with Gasteiger partial charge in [-0.15, -0.1) is 0 Å². The van der Waals surface area contributed by atoms with E-state index in [2.05, 4.69) is 40.7 Å². The van der Waals surface area contributed by atoms with Gasteiger partial charge in [0.25, 0.3) is 0 Å². The first-order valence-corrected chi connectivity index (χ1v) is 10.2. The van der Waals surface area contributed by atoms with E-state index in [0.717, 1.165) is 0 Å². The quantitative estimate of drug-likeness (QED) is 0.424. The molecule has 19 heavy (non-hydrogen) atoms. The van der Waals surface area contributed by atoms with Gasteiger partial charge < -0.3 is 24.8 Å². The summed E-state index contributed by atoms with van der Waals surface area (Å²) >= 11 is 1.58. The molecule has 0 radical (unpaired) electrons. The SMILES string of the molecule is C1CC[SiH2]C1.CC1=[C]([Zr+2])C(C)C=C1C(C)(C)C.[Cl-].[Cl-]. The minimum absolute atomic E-state index is 0. The molecular weight excluding hydrogens is 370 g/mol. The molecule has 109 valence electrons. The zero-order valence-electron chi connectivity index (χ0n) is 12.9. The maximum atomic E-state index is 2.43. The molecule has 0 saturated carbocycles. The van der Waals surface area contributed by atoms with E-state index in [1.807, 2.05) is 0 Å². The van der Waals surface area contributed by atoms with Gasteiger partial charge in [-0.25, -0.2) is 0 Å². The van der Waals surface area contributed by atoms with E-state index < -0.39 is 0 Å². The summed E-state index contributed by atoms with van der Waals surface area (Å²) in [6, 6.07) is 3.28. The first-order chi connectivity index (χ1) is 7.84. The Morgan fingerprint density at radius 1 is 1.16 bits per heavy atom. The van der Waals surface area contributed by atoms with Crippen LogP contribution in [-0.4, -0.2) is 9.52 Å². The van der Waals surface area contributed by atoms with Gasteiger partial charge >= 0.3 is 91.2 Å². The molecule has 1 aliphatic heterocycles. The molecule has 0 aromatic rings. The van der Waals surface area contributed by atoms with Crippen molar-refractivity contribution in [2.24, 2.45) is 11.3 Å². The summed E-state index contributed by atoms with van der Waals surface area (Å²) in [6.45, 7) is 11.5. The van der Waals surface area contributed by atoms with Gasteiger partial charge in [-0.05, 0) is 0 Å². The molecular formula is C15H27Cl2SiZr. The molecule has 1 fully saturated rings. The predicted octanol–water partition coefficient (Wildman–Crippen LogP) is -1.78. The van der Waals surface area contributed by atoms with Crippen molar-refractivity contribution in [2.45, 2.75) is 59.5 Å². The van der Waals surface area contributed by atoms with Crippen LogP contribution in [0.2, 0.25) is 12.1 Å². The Balaban J connectivity index is 0. The third-order valence-electron chi connectivity index (χ3n) is 3.74. The van der Waals surface area contributed by atoms with E-state index in [9.17, 15) is 0 Å². The van der Waals surface area contributed by atoms with Crippen LogP contribution in [0.4, 0.5) is 0 Å². The Morgan fingerprint density at radius 3 is 1.79 bits per heavy atom. The van der Waals surface area contributed by atoms with Crippen LogP contribution in [0.5, 0.6) is 0 Å². The number of hydrogen-bond acceptors (Lipinski definition) is 0. The molecule has 0 nitrogen and oxygen atoms in total. The first-order valence-electron chi connectivity index (χ1n) is 6.99. The van der Waals surface area contributed by atoms with Crippen molar-refractivity contribution in [1.29, 1.82) is 0 Å². The predicted molar refractivity (Wildman–Crippen MR) is 76.8 cm³/mol. The first kappa shape index (κ1) is 22.4. The normalized spacial score (nSPS) is 22.1. The Morgan fingerprint density at radius 2 is 1.63 bits per heavy atom. The van der Waals surface area contributed by atoms with Gasteiger partial charge in [-0.3, -0.25) is 0 Å². The fourth-order valence-electron chi connectivity index (χ4n) is 2.64. The van der Waals surface area contributed by atoms with Crippen molar-refractivity contribution in [3.05, 3.63) is 20.5 Å². The Kier molecular flexibility index (Phi) is 11.8. The summed E-state index contributed by atoms with van der Waals surface area (Å²) < 4.78 is 1.63. The second kappa shape index (κ2) is 9.98. The molecule has 0 amide bonds. The summed E-state index contributed by atoms with van der Waals surface area (Å²) in [7, 11) is 0.543. The van der Waals surface area contributed by atoms with Gasteiger partial charge in [0, 0.05) is 9.52 Å². The number of halogens is 2. The van der Waals surface area contributed by atoms with Crippen LogP contribution < -0.4 is 24.8 Å². The number of hydrogen-bond donors (Lipinski definition) is 0. The van der Waals surface area contributed by atoms with Crippen molar-refractivity contribution in [2.75, 3.05) is 0 Å². The second-order valence-corrected chi connectivity index (χ2v) is 9.87. The second-order valence-electron chi connectivity index (χ2n) is 6.43. The molecule has 0 bridgehead atoms. The zero-order valence-corrected chi connectivity index (χ0v) is 18.3. The molecule has 1 heterocycles. The molecule has 4 heteroatoms.